The van der Waals surface area contributed by atoms with Crippen LogP contribution in [-0.2, 0) is 24.3 Å². The van der Waals surface area contributed by atoms with E-state index in [-0.39, 0.29) is 23.1 Å². The molecule has 8 heteroatoms. The molecule has 0 N–H and O–H groups in total. The van der Waals surface area contributed by atoms with E-state index in [0.717, 1.165) is 0 Å². The van der Waals surface area contributed by atoms with Gasteiger partial charge in [0.25, 0.3) is 5.91 Å². The molecule has 0 aromatic heterocycles. The molecule has 21 heavy (non-hydrogen) atoms. The number of hydrogen-bond donors (Lipinski definition) is 0. The van der Waals surface area contributed by atoms with Gasteiger partial charge in [-0.2, -0.15) is 4.31 Å². The van der Waals surface area contributed by atoms with Crippen LogP contribution in [0.1, 0.15) is 12.8 Å². The lowest BCUT2D eigenvalue weighted by atomic mass is 10.0. The van der Waals surface area contributed by atoms with Crippen LogP contribution >= 0.6 is 0 Å². The maximum absolute atomic E-state index is 12.7. The molecular weight excluding hydrogens is 296 g/mol. The Hall–Kier alpha value is -0.700. The normalized spacial score (nSPS) is 35.4. The Bertz CT molecular complexity index is 517. The van der Waals surface area contributed by atoms with E-state index < -0.39 is 16.1 Å². The molecule has 0 radical (unpaired) electrons. The number of likely N-dealkylation sites (tertiary alicyclic amines) is 1. The predicted octanol–water partition coefficient (Wildman–Crippen LogP) is -0.717. The molecule has 7 nitrogen and oxygen atoms in total. The molecule has 0 unspecified atom stereocenters. The summed E-state index contributed by atoms with van der Waals surface area (Å²) in [5.41, 5.74) is 0. The number of rotatable bonds is 3. The zero-order valence-electron chi connectivity index (χ0n) is 12.4. The third-order valence-corrected chi connectivity index (χ3v) is 7.31. The summed E-state index contributed by atoms with van der Waals surface area (Å²) in [5, 5.41) is -0.355. The summed E-state index contributed by atoms with van der Waals surface area (Å²) >= 11 is 0. The van der Waals surface area contributed by atoms with E-state index in [1.807, 2.05) is 0 Å². The van der Waals surface area contributed by atoms with Gasteiger partial charge in [0.1, 0.15) is 6.10 Å². The van der Waals surface area contributed by atoms with Gasteiger partial charge in [0.15, 0.2) is 0 Å². The second-order valence-electron chi connectivity index (χ2n) is 6.01. The third-order valence-electron chi connectivity index (χ3n) is 4.98. The maximum atomic E-state index is 12.7. The average Bonchev–Trinajstić information content (AvgIpc) is 3.01. The summed E-state index contributed by atoms with van der Waals surface area (Å²) in [4.78, 5) is 13.7. The molecule has 120 valence electrons. The van der Waals surface area contributed by atoms with E-state index in [1.165, 1.54) is 7.11 Å². The lowest BCUT2D eigenvalue weighted by Gasteiger charge is -2.28. The van der Waals surface area contributed by atoms with Gasteiger partial charge in [-0.05, 0) is 12.8 Å². The standard InChI is InChI=1S/C13H22N2O5S/c1-14-11-8-15(7-10(11)12(19-2)13(14)16)21(17,18)9-3-5-20-6-4-9/h9-12H,3-8H2,1-2H3/t10-,11+,12-/m0/s1. The largest absolute Gasteiger partial charge is 0.381 e. The third kappa shape index (κ3) is 2.38. The van der Waals surface area contributed by atoms with Crippen molar-refractivity contribution < 1.29 is 22.7 Å². The average molecular weight is 318 g/mol. The minimum atomic E-state index is -3.32. The van der Waals surface area contributed by atoms with Crippen molar-refractivity contribution in [3.8, 4) is 0 Å². The topological polar surface area (TPSA) is 76.2 Å². The molecule has 3 fully saturated rings. The van der Waals surface area contributed by atoms with Gasteiger partial charge in [0.05, 0.1) is 11.3 Å². The number of ether oxygens (including phenoxy) is 2. The number of carbonyl (C=O) groups excluding carboxylic acids is 1. The molecule has 0 spiro atoms. The van der Waals surface area contributed by atoms with Gasteiger partial charge in [-0.3, -0.25) is 4.79 Å². The highest BCUT2D eigenvalue weighted by Crippen LogP contribution is 2.36. The first-order chi connectivity index (χ1) is 9.96. The Morgan fingerprint density at radius 1 is 1.24 bits per heavy atom. The molecule has 0 aromatic carbocycles. The number of likely N-dealkylation sites (N-methyl/N-ethyl adjacent to an activating group) is 1. The van der Waals surface area contributed by atoms with Gasteiger partial charge in [0, 0.05) is 46.4 Å². The first kappa shape index (κ1) is 15.2. The molecule has 3 rings (SSSR count). The Morgan fingerprint density at radius 2 is 1.90 bits per heavy atom. The van der Waals surface area contributed by atoms with Crippen molar-refractivity contribution >= 4 is 15.9 Å². The Morgan fingerprint density at radius 3 is 2.52 bits per heavy atom. The molecule has 0 bridgehead atoms. The molecule has 3 aliphatic rings. The van der Waals surface area contributed by atoms with E-state index in [2.05, 4.69) is 0 Å². The van der Waals surface area contributed by atoms with Gasteiger partial charge < -0.3 is 14.4 Å². The van der Waals surface area contributed by atoms with Crippen molar-refractivity contribution in [3.05, 3.63) is 0 Å². The lowest BCUT2D eigenvalue weighted by molar-refractivity contribution is -0.136. The number of fused-ring (bicyclic) bond motifs is 1. The SMILES string of the molecule is CO[C@@H]1C(=O)N(C)[C@@H]2CN(S(=O)(=O)C3CCOCC3)C[C@H]12. The first-order valence-electron chi connectivity index (χ1n) is 7.33. The van der Waals surface area contributed by atoms with Crippen molar-refractivity contribution in [2.45, 2.75) is 30.2 Å². The second-order valence-corrected chi connectivity index (χ2v) is 8.22. The Balaban J connectivity index is 1.76. The molecule has 3 heterocycles. The number of methoxy groups -OCH3 is 1. The Kier molecular flexibility index (Phi) is 3.98. The highest BCUT2D eigenvalue weighted by molar-refractivity contribution is 7.89. The predicted molar refractivity (Wildman–Crippen MR) is 75.2 cm³/mol. The maximum Gasteiger partial charge on any atom is 0.252 e. The van der Waals surface area contributed by atoms with Gasteiger partial charge in [-0.15, -0.1) is 0 Å². The van der Waals surface area contributed by atoms with Crippen LogP contribution in [-0.4, -0.2) is 81.4 Å². The van der Waals surface area contributed by atoms with E-state index in [9.17, 15) is 13.2 Å². The molecule has 3 atom stereocenters. The summed E-state index contributed by atoms with van der Waals surface area (Å²) in [7, 11) is -0.0824. The van der Waals surface area contributed by atoms with Crippen LogP contribution in [0.25, 0.3) is 0 Å². The number of amides is 1. The smallest absolute Gasteiger partial charge is 0.252 e. The monoisotopic (exact) mass is 318 g/mol. The van der Waals surface area contributed by atoms with E-state index >= 15 is 0 Å². The fourth-order valence-corrected chi connectivity index (χ4v) is 5.65. The first-order valence-corrected chi connectivity index (χ1v) is 8.83. The highest BCUT2D eigenvalue weighted by atomic mass is 32.2. The van der Waals surface area contributed by atoms with Crippen LogP contribution < -0.4 is 0 Å². The van der Waals surface area contributed by atoms with Crippen molar-refractivity contribution in [2.24, 2.45) is 5.92 Å². The summed E-state index contributed by atoms with van der Waals surface area (Å²) in [6, 6.07) is -0.0722. The highest BCUT2D eigenvalue weighted by Gasteiger charge is 2.54. The van der Waals surface area contributed by atoms with Gasteiger partial charge in [-0.1, -0.05) is 0 Å². The number of sulfonamides is 1. The number of carbonyl (C=O) groups is 1. The summed E-state index contributed by atoms with van der Waals surface area (Å²) in [5.74, 6) is -0.113. The molecule has 0 aliphatic carbocycles. The zero-order valence-corrected chi connectivity index (χ0v) is 13.2. The van der Waals surface area contributed by atoms with Crippen LogP contribution in [0.15, 0.2) is 0 Å². The van der Waals surface area contributed by atoms with Crippen molar-refractivity contribution in [1.29, 1.82) is 0 Å². The number of hydrogen-bond acceptors (Lipinski definition) is 5. The lowest BCUT2D eigenvalue weighted by Crippen LogP contribution is -2.43. The van der Waals surface area contributed by atoms with Crippen LogP contribution in [0.3, 0.4) is 0 Å². The fraction of sp³-hybridized carbons (Fsp3) is 0.923. The van der Waals surface area contributed by atoms with Crippen LogP contribution in [0, 0.1) is 5.92 Å². The molecule has 3 aliphatic heterocycles. The molecule has 3 saturated heterocycles. The van der Waals surface area contributed by atoms with Crippen molar-refractivity contribution in [2.75, 3.05) is 40.5 Å². The number of nitrogens with zero attached hydrogens (tertiary/aromatic N) is 2. The fourth-order valence-electron chi connectivity index (χ4n) is 3.70. The van der Waals surface area contributed by atoms with E-state index in [1.54, 1.807) is 16.3 Å². The van der Waals surface area contributed by atoms with Crippen LogP contribution in [0.5, 0.6) is 0 Å². The Labute approximate surface area is 125 Å². The van der Waals surface area contributed by atoms with Crippen molar-refractivity contribution in [1.82, 2.24) is 9.21 Å². The molecular formula is C13H22N2O5S. The zero-order chi connectivity index (χ0) is 15.2. The van der Waals surface area contributed by atoms with Gasteiger partial charge >= 0.3 is 0 Å². The molecule has 0 saturated carbocycles. The second kappa shape index (κ2) is 5.49. The summed E-state index contributed by atoms with van der Waals surface area (Å²) in [6.07, 6.45) is 0.586. The minimum absolute atomic E-state index is 0.0457. The van der Waals surface area contributed by atoms with Crippen molar-refractivity contribution in [3.63, 3.8) is 0 Å². The minimum Gasteiger partial charge on any atom is -0.381 e. The molecule has 1 amide bonds. The van der Waals surface area contributed by atoms with E-state index in [4.69, 9.17) is 9.47 Å². The summed E-state index contributed by atoms with van der Waals surface area (Å²) < 4.78 is 37.5. The molecule has 0 aromatic rings. The summed E-state index contributed by atoms with van der Waals surface area (Å²) in [6.45, 7) is 1.76. The van der Waals surface area contributed by atoms with Crippen LogP contribution in [0.2, 0.25) is 0 Å². The van der Waals surface area contributed by atoms with Gasteiger partial charge in [0.2, 0.25) is 10.0 Å². The van der Waals surface area contributed by atoms with Gasteiger partial charge in [-0.25, -0.2) is 8.42 Å². The quantitative estimate of drug-likeness (QED) is 0.687. The van der Waals surface area contributed by atoms with Crippen LogP contribution in [0.4, 0.5) is 0 Å². The van der Waals surface area contributed by atoms with E-state index in [0.29, 0.717) is 39.1 Å².